The highest BCUT2D eigenvalue weighted by atomic mass is 35.5. The Kier molecular flexibility index (Phi) is 5.59. The first-order valence-electron chi connectivity index (χ1n) is 9.65. The largest absolute Gasteiger partial charge is 0.325 e. The molecule has 3 heterocycles. The van der Waals surface area contributed by atoms with E-state index in [9.17, 15) is 4.79 Å². The number of fused-ring (bicyclic) bond motifs is 1. The van der Waals surface area contributed by atoms with Crippen LogP contribution in [0.2, 0.25) is 5.02 Å². The molecule has 4 rings (SSSR count). The Labute approximate surface area is 169 Å². The Morgan fingerprint density at radius 3 is 3.04 bits per heavy atom. The predicted molar refractivity (Wildman–Crippen MR) is 111 cm³/mol. The van der Waals surface area contributed by atoms with Crippen molar-refractivity contribution in [2.45, 2.75) is 26.2 Å². The number of likely N-dealkylation sites (tertiary alicyclic amines) is 1. The van der Waals surface area contributed by atoms with E-state index in [1.54, 1.807) is 6.07 Å². The molecule has 1 fully saturated rings. The number of aryl methyl sites for hydroxylation is 1. The average molecular weight is 398 g/mol. The quantitative estimate of drug-likeness (QED) is 0.714. The maximum absolute atomic E-state index is 12.5. The summed E-state index contributed by atoms with van der Waals surface area (Å²) >= 11 is 5.99. The third-order valence-corrected chi connectivity index (χ3v) is 5.52. The molecule has 1 N–H and O–H groups in total. The van der Waals surface area contributed by atoms with Gasteiger partial charge in [0.25, 0.3) is 0 Å². The topological polar surface area (TPSA) is 62.5 Å². The molecular weight excluding hydrogens is 374 g/mol. The number of benzene rings is 1. The Morgan fingerprint density at radius 2 is 2.18 bits per heavy atom. The van der Waals surface area contributed by atoms with Gasteiger partial charge in [-0.2, -0.15) is 0 Å². The summed E-state index contributed by atoms with van der Waals surface area (Å²) in [6.45, 7) is 4.19. The number of anilines is 1. The van der Waals surface area contributed by atoms with Gasteiger partial charge in [0.2, 0.25) is 5.91 Å². The summed E-state index contributed by atoms with van der Waals surface area (Å²) < 4.78 is 2.05. The Hall–Kier alpha value is -2.44. The van der Waals surface area contributed by atoms with E-state index >= 15 is 0 Å². The Bertz CT molecular complexity index is 986. The van der Waals surface area contributed by atoms with Crippen molar-refractivity contribution >= 4 is 28.8 Å². The van der Waals surface area contributed by atoms with Crippen molar-refractivity contribution in [3.63, 3.8) is 0 Å². The van der Waals surface area contributed by atoms with Crippen LogP contribution in [0.25, 0.3) is 5.65 Å². The van der Waals surface area contributed by atoms with Crippen molar-refractivity contribution in [1.29, 1.82) is 0 Å². The first-order valence-corrected chi connectivity index (χ1v) is 10.0. The second kappa shape index (κ2) is 8.29. The van der Waals surface area contributed by atoms with Crippen LogP contribution in [0.15, 0.2) is 42.6 Å². The van der Waals surface area contributed by atoms with Crippen LogP contribution in [0.3, 0.4) is 0 Å². The summed E-state index contributed by atoms with van der Waals surface area (Å²) in [7, 11) is 0. The molecule has 7 heteroatoms. The number of amides is 1. The van der Waals surface area contributed by atoms with Crippen molar-refractivity contribution in [3.8, 4) is 0 Å². The van der Waals surface area contributed by atoms with Crippen molar-refractivity contribution in [1.82, 2.24) is 19.5 Å². The summed E-state index contributed by atoms with van der Waals surface area (Å²) in [4.78, 5) is 14.7. The lowest BCUT2D eigenvalue weighted by Crippen LogP contribution is -2.41. The summed E-state index contributed by atoms with van der Waals surface area (Å²) in [5.74, 6) is 1.48. The molecule has 0 spiro atoms. The molecule has 1 aromatic carbocycles. The molecule has 0 unspecified atom stereocenters. The molecule has 0 radical (unpaired) electrons. The fourth-order valence-electron chi connectivity index (χ4n) is 3.91. The van der Waals surface area contributed by atoms with Gasteiger partial charge < -0.3 is 5.32 Å². The van der Waals surface area contributed by atoms with Gasteiger partial charge in [-0.15, -0.1) is 10.2 Å². The number of hydrogen-bond acceptors (Lipinski definition) is 4. The van der Waals surface area contributed by atoms with Gasteiger partial charge in [0.1, 0.15) is 5.82 Å². The van der Waals surface area contributed by atoms with Crippen LogP contribution in [0, 0.1) is 12.8 Å². The number of nitrogens with zero attached hydrogens (tertiary/aromatic N) is 4. The molecule has 6 nitrogen and oxygen atoms in total. The molecule has 1 atom stereocenters. The molecule has 0 saturated carbocycles. The van der Waals surface area contributed by atoms with Crippen LogP contribution in [0.5, 0.6) is 0 Å². The number of piperidine rings is 1. The maximum atomic E-state index is 12.5. The van der Waals surface area contributed by atoms with E-state index < -0.39 is 0 Å². The number of halogens is 1. The molecule has 28 heavy (non-hydrogen) atoms. The van der Waals surface area contributed by atoms with Crippen LogP contribution in [-0.2, 0) is 11.2 Å². The van der Waals surface area contributed by atoms with Gasteiger partial charge in [-0.25, -0.2) is 0 Å². The van der Waals surface area contributed by atoms with Crippen LogP contribution in [0.1, 0.15) is 24.2 Å². The Morgan fingerprint density at radius 1 is 1.29 bits per heavy atom. The average Bonchev–Trinajstić information content (AvgIpc) is 3.07. The minimum Gasteiger partial charge on any atom is -0.325 e. The van der Waals surface area contributed by atoms with Crippen LogP contribution in [-0.4, -0.2) is 45.0 Å². The summed E-state index contributed by atoms with van der Waals surface area (Å²) in [6.07, 6.45) is 5.12. The Balaban J connectivity index is 1.35. The monoisotopic (exact) mass is 397 g/mol. The molecule has 1 aliphatic heterocycles. The van der Waals surface area contributed by atoms with E-state index in [1.807, 2.05) is 43.5 Å². The molecule has 3 aromatic rings. The number of hydrogen-bond donors (Lipinski definition) is 1. The second-order valence-corrected chi connectivity index (χ2v) is 7.94. The molecule has 1 saturated heterocycles. The zero-order valence-corrected chi connectivity index (χ0v) is 16.7. The second-order valence-electron chi connectivity index (χ2n) is 7.50. The van der Waals surface area contributed by atoms with Gasteiger partial charge in [-0.1, -0.05) is 17.7 Å². The maximum Gasteiger partial charge on any atom is 0.238 e. The minimum atomic E-state index is 0.0130. The van der Waals surface area contributed by atoms with E-state index in [0.29, 0.717) is 17.5 Å². The SMILES string of the molecule is Cc1cc(Cl)ccc1NC(=O)CN1CCC[C@@H](Cc2nnc3ccccn23)C1. The highest BCUT2D eigenvalue weighted by molar-refractivity contribution is 6.30. The van der Waals surface area contributed by atoms with Crippen molar-refractivity contribution in [3.05, 3.63) is 59.0 Å². The summed E-state index contributed by atoms with van der Waals surface area (Å²) in [5, 5.41) is 12.3. The minimum absolute atomic E-state index is 0.0130. The molecule has 0 aliphatic carbocycles. The van der Waals surface area contributed by atoms with Gasteiger partial charge in [0, 0.05) is 29.9 Å². The van der Waals surface area contributed by atoms with Gasteiger partial charge in [-0.05, 0) is 68.1 Å². The van der Waals surface area contributed by atoms with Gasteiger partial charge >= 0.3 is 0 Å². The lowest BCUT2D eigenvalue weighted by molar-refractivity contribution is -0.117. The molecule has 2 aromatic heterocycles. The first-order chi connectivity index (χ1) is 13.6. The zero-order chi connectivity index (χ0) is 19.5. The number of rotatable bonds is 5. The molecular formula is C21H24ClN5O. The van der Waals surface area contributed by atoms with E-state index in [2.05, 4.69) is 24.8 Å². The first kappa shape index (κ1) is 18.9. The lowest BCUT2D eigenvalue weighted by Gasteiger charge is -2.32. The number of carbonyl (C=O) groups is 1. The van der Waals surface area contributed by atoms with E-state index in [1.165, 1.54) is 0 Å². The van der Waals surface area contributed by atoms with Crippen molar-refractivity contribution in [2.24, 2.45) is 5.92 Å². The normalized spacial score (nSPS) is 17.7. The van der Waals surface area contributed by atoms with Crippen LogP contribution in [0.4, 0.5) is 5.69 Å². The van der Waals surface area contributed by atoms with E-state index in [0.717, 1.165) is 55.1 Å². The van der Waals surface area contributed by atoms with Crippen molar-refractivity contribution in [2.75, 3.05) is 25.0 Å². The number of nitrogens with one attached hydrogen (secondary N) is 1. The number of carbonyl (C=O) groups excluding carboxylic acids is 1. The summed E-state index contributed by atoms with van der Waals surface area (Å²) in [6, 6.07) is 11.4. The van der Waals surface area contributed by atoms with E-state index in [-0.39, 0.29) is 5.91 Å². The third kappa shape index (κ3) is 4.34. The van der Waals surface area contributed by atoms with Gasteiger partial charge in [0.15, 0.2) is 5.65 Å². The number of pyridine rings is 1. The van der Waals surface area contributed by atoms with Crippen LogP contribution >= 0.6 is 11.6 Å². The smallest absolute Gasteiger partial charge is 0.238 e. The lowest BCUT2D eigenvalue weighted by atomic mass is 9.94. The predicted octanol–water partition coefficient (Wildman–Crippen LogP) is 3.58. The van der Waals surface area contributed by atoms with Gasteiger partial charge in [0.05, 0.1) is 6.54 Å². The highest BCUT2D eigenvalue weighted by Gasteiger charge is 2.23. The zero-order valence-electron chi connectivity index (χ0n) is 15.9. The standard InChI is InChI=1S/C21H24ClN5O/c1-15-11-17(22)7-8-18(15)23-21(28)14-26-9-4-5-16(13-26)12-20-25-24-19-6-2-3-10-27(19)20/h2-3,6-8,10-11,16H,4-5,9,12-14H2,1H3,(H,23,28)/t16-/m0/s1. The van der Waals surface area contributed by atoms with Crippen LogP contribution < -0.4 is 5.32 Å². The third-order valence-electron chi connectivity index (χ3n) is 5.29. The highest BCUT2D eigenvalue weighted by Crippen LogP contribution is 2.22. The fraction of sp³-hybridized carbons (Fsp3) is 0.381. The van der Waals surface area contributed by atoms with E-state index in [4.69, 9.17) is 11.6 Å². The molecule has 146 valence electrons. The fourth-order valence-corrected chi connectivity index (χ4v) is 4.14. The van der Waals surface area contributed by atoms with Gasteiger partial charge in [-0.3, -0.25) is 14.1 Å². The molecule has 1 aliphatic rings. The summed E-state index contributed by atoms with van der Waals surface area (Å²) in [5.41, 5.74) is 2.66. The number of aromatic nitrogens is 3. The molecule has 0 bridgehead atoms. The molecule has 1 amide bonds. The van der Waals surface area contributed by atoms with Crippen molar-refractivity contribution < 1.29 is 4.79 Å².